The molecule has 4 atom stereocenters. The lowest BCUT2D eigenvalue weighted by Gasteiger charge is -2.16. The summed E-state index contributed by atoms with van der Waals surface area (Å²) in [5.41, 5.74) is 12.6. The average Bonchev–Trinajstić information content (AvgIpc) is 3.29. The smallest absolute Gasteiger partial charge is 0.362 e. The zero-order valence-corrected chi connectivity index (χ0v) is 17.2. The van der Waals surface area contributed by atoms with Crippen LogP contribution in [0.25, 0.3) is 11.2 Å². The number of nitrogen functional groups attached to an aromatic ring is 2. The van der Waals surface area contributed by atoms with Gasteiger partial charge in [0.05, 0.1) is 24.2 Å². The Kier molecular flexibility index (Phi) is 5.70. The molecule has 0 radical (unpaired) electrons. The molecular formula is C18H20N6O7S. The highest BCUT2D eigenvalue weighted by Gasteiger charge is 2.45. The number of imidazole rings is 1. The number of pyridine rings is 1. The molecule has 1 fully saturated rings. The number of carbonyl (C=O) groups is 1. The second-order valence-electron chi connectivity index (χ2n) is 7.03. The zero-order valence-electron chi connectivity index (χ0n) is 16.4. The Hall–Kier alpha value is -3.30. The third kappa shape index (κ3) is 4.09. The zero-order chi connectivity index (χ0) is 23.0. The van der Waals surface area contributed by atoms with Crippen molar-refractivity contribution >= 4 is 38.7 Å². The number of hydrogen-bond acceptors (Lipinski definition) is 11. The minimum Gasteiger partial charge on any atom is -0.398 e. The summed E-state index contributed by atoms with van der Waals surface area (Å²) in [6.45, 7) is -0.677. The van der Waals surface area contributed by atoms with E-state index in [1.807, 2.05) is 0 Å². The van der Waals surface area contributed by atoms with E-state index in [9.17, 15) is 23.4 Å². The van der Waals surface area contributed by atoms with Crippen molar-refractivity contribution in [2.75, 3.05) is 18.1 Å². The van der Waals surface area contributed by atoms with Gasteiger partial charge in [-0.2, -0.15) is 8.42 Å². The Labute approximate surface area is 181 Å². The predicted molar refractivity (Wildman–Crippen MR) is 111 cm³/mol. The minimum atomic E-state index is -4.56. The number of ether oxygens (including phenoxy) is 1. The molecule has 1 aliphatic heterocycles. The molecule has 1 saturated heterocycles. The average molecular weight is 464 g/mol. The molecule has 1 aromatic carbocycles. The van der Waals surface area contributed by atoms with E-state index in [4.69, 9.17) is 20.4 Å². The number of nitrogens with zero attached hydrogens (tertiary/aromatic N) is 3. The third-order valence-corrected chi connectivity index (χ3v) is 5.80. The number of carbonyl (C=O) groups excluding carboxylic acids is 1. The molecule has 4 rings (SSSR count). The van der Waals surface area contributed by atoms with Crippen molar-refractivity contribution in [3.63, 3.8) is 0 Å². The molecule has 0 saturated carbocycles. The van der Waals surface area contributed by atoms with Crippen molar-refractivity contribution in [3.8, 4) is 0 Å². The fourth-order valence-corrected chi connectivity index (χ4v) is 4.00. The maximum absolute atomic E-state index is 12.2. The predicted octanol–water partition coefficient (Wildman–Crippen LogP) is -1.09. The van der Waals surface area contributed by atoms with Crippen LogP contribution in [0.1, 0.15) is 16.6 Å². The Morgan fingerprint density at radius 1 is 1.16 bits per heavy atom. The summed E-state index contributed by atoms with van der Waals surface area (Å²) in [5.74, 6) is -0.984. The fourth-order valence-electron chi connectivity index (χ4n) is 3.29. The van der Waals surface area contributed by atoms with Crippen LogP contribution in [-0.2, 0) is 19.2 Å². The molecular weight excluding hydrogens is 444 g/mol. The molecule has 0 aliphatic carbocycles. The van der Waals surface area contributed by atoms with Crippen molar-refractivity contribution in [2.24, 2.45) is 0 Å². The Morgan fingerprint density at radius 3 is 2.66 bits per heavy atom. The minimum absolute atomic E-state index is 0.0499. The summed E-state index contributed by atoms with van der Waals surface area (Å²) >= 11 is 0. The lowest BCUT2D eigenvalue weighted by Crippen LogP contribution is -2.38. The number of hydrogen-bond donors (Lipinski definition) is 5. The van der Waals surface area contributed by atoms with Crippen LogP contribution in [0, 0.1) is 0 Å². The number of benzene rings is 1. The summed E-state index contributed by atoms with van der Waals surface area (Å²) < 4.78 is 37.8. The maximum Gasteiger partial charge on any atom is 0.362 e. The number of aliphatic hydroxyl groups excluding tert-OH is 2. The lowest BCUT2D eigenvalue weighted by atomic mass is 10.1. The van der Waals surface area contributed by atoms with Crippen molar-refractivity contribution in [1.29, 1.82) is 0 Å². The second-order valence-corrected chi connectivity index (χ2v) is 8.38. The van der Waals surface area contributed by atoms with E-state index in [2.05, 4.69) is 9.97 Å². The van der Waals surface area contributed by atoms with Crippen LogP contribution in [0.4, 0.5) is 11.4 Å². The van der Waals surface area contributed by atoms with Crippen molar-refractivity contribution in [2.45, 2.75) is 24.5 Å². The topological polar surface area (TPSA) is 205 Å². The van der Waals surface area contributed by atoms with Gasteiger partial charge < -0.3 is 26.4 Å². The number of anilines is 2. The van der Waals surface area contributed by atoms with Crippen LogP contribution >= 0.6 is 0 Å². The SMILES string of the molecule is Nc1ccccc1C(=O)NS(=O)(=O)OC[C@H]1O[C@@H](n2cnc3c(N)ccnc32)[C@H](O)[C@@H]1O. The second kappa shape index (κ2) is 8.33. The van der Waals surface area contributed by atoms with E-state index in [-0.39, 0.29) is 11.3 Å². The van der Waals surface area contributed by atoms with Gasteiger partial charge in [-0.1, -0.05) is 12.1 Å². The highest BCUT2D eigenvalue weighted by molar-refractivity contribution is 7.85. The molecule has 3 aromatic rings. The van der Waals surface area contributed by atoms with Gasteiger partial charge in [0.15, 0.2) is 11.9 Å². The van der Waals surface area contributed by atoms with Gasteiger partial charge in [-0.15, -0.1) is 0 Å². The number of aromatic nitrogens is 3. The number of nitrogens with two attached hydrogens (primary N) is 2. The van der Waals surface area contributed by atoms with Crippen LogP contribution in [0.15, 0.2) is 42.9 Å². The third-order valence-electron chi connectivity index (χ3n) is 4.91. The Morgan fingerprint density at radius 2 is 1.91 bits per heavy atom. The van der Waals surface area contributed by atoms with Gasteiger partial charge >= 0.3 is 10.3 Å². The quantitative estimate of drug-likeness (QED) is 0.277. The molecule has 2 aromatic heterocycles. The van der Waals surface area contributed by atoms with Gasteiger partial charge in [-0.3, -0.25) is 13.5 Å². The van der Waals surface area contributed by atoms with Crippen molar-refractivity contribution < 1.29 is 32.3 Å². The van der Waals surface area contributed by atoms with E-state index in [1.54, 1.807) is 16.9 Å². The van der Waals surface area contributed by atoms with E-state index in [1.165, 1.54) is 35.3 Å². The normalized spacial score (nSPS) is 23.4. The first-order chi connectivity index (χ1) is 15.2. The highest BCUT2D eigenvalue weighted by atomic mass is 32.2. The number of amides is 1. The van der Waals surface area contributed by atoms with Gasteiger partial charge in [-0.25, -0.2) is 14.7 Å². The summed E-state index contributed by atoms with van der Waals surface area (Å²) in [4.78, 5) is 20.4. The van der Waals surface area contributed by atoms with Gasteiger partial charge in [0.2, 0.25) is 0 Å². The molecule has 170 valence electrons. The van der Waals surface area contributed by atoms with E-state index < -0.39 is 47.4 Å². The van der Waals surface area contributed by atoms with Crippen molar-refractivity contribution in [3.05, 3.63) is 48.4 Å². The molecule has 3 heterocycles. The molecule has 1 amide bonds. The first-order valence-electron chi connectivity index (χ1n) is 9.32. The summed E-state index contributed by atoms with van der Waals surface area (Å²) in [7, 11) is -4.56. The van der Waals surface area contributed by atoms with E-state index in [0.29, 0.717) is 16.9 Å². The number of aliphatic hydroxyl groups is 2. The first kappa shape index (κ1) is 21.9. The standard InChI is InChI=1S/C18H20N6O7S/c19-10-4-2-1-3-9(10)17(27)23-32(28,29)30-7-12-14(25)15(26)18(31-12)24-8-22-13-11(20)5-6-21-16(13)24/h1-6,8,12,14-15,18,25-26H,7,19H2,(H2,20,21)(H,23,27)/t12-,14-,15-,18-/m1/s1. The summed E-state index contributed by atoms with van der Waals surface area (Å²) in [6, 6.07) is 7.45. The number of fused-ring (bicyclic) bond motifs is 1. The molecule has 32 heavy (non-hydrogen) atoms. The molecule has 0 unspecified atom stereocenters. The largest absolute Gasteiger partial charge is 0.398 e. The molecule has 0 bridgehead atoms. The van der Waals surface area contributed by atoms with Crippen LogP contribution in [0.2, 0.25) is 0 Å². The van der Waals surface area contributed by atoms with Crippen LogP contribution < -0.4 is 16.2 Å². The molecule has 14 heteroatoms. The molecule has 7 N–H and O–H groups in total. The summed E-state index contributed by atoms with van der Waals surface area (Å²) in [6.07, 6.45) is -2.51. The maximum atomic E-state index is 12.2. The van der Waals surface area contributed by atoms with E-state index in [0.717, 1.165) is 0 Å². The monoisotopic (exact) mass is 464 g/mol. The summed E-state index contributed by atoms with van der Waals surface area (Å²) in [5, 5.41) is 20.7. The van der Waals surface area contributed by atoms with Crippen LogP contribution in [0.3, 0.4) is 0 Å². The molecule has 0 spiro atoms. The Bertz CT molecular complexity index is 1260. The van der Waals surface area contributed by atoms with Crippen LogP contribution in [0.5, 0.6) is 0 Å². The molecule has 13 nitrogen and oxygen atoms in total. The number of para-hydroxylation sites is 1. The van der Waals surface area contributed by atoms with Crippen LogP contribution in [-0.4, -0.2) is 64.0 Å². The Balaban J connectivity index is 1.44. The highest BCUT2D eigenvalue weighted by Crippen LogP contribution is 2.32. The molecule has 1 aliphatic rings. The van der Waals surface area contributed by atoms with Gasteiger partial charge in [0.25, 0.3) is 5.91 Å². The number of rotatable bonds is 6. The fraction of sp³-hybridized carbons (Fsp3) is 0.278. The van der Waals surface area contributed by atoms with Gasteiger partial charge in [-0.05, 0) is 18.2 Å². The van der Waals surface area contributed by atoms with Gasteiger partial charge in [0, 0.05) is 11.9 Å². The lowest BCUT2D eigenvalue weighted by molar-refractivity contribution is -0.0468. The van der Waals surface area contributed by atoms with Crippen molar-refractivity contribution in [1.82, 2.24) is 19.3 Å². The number of nitrogens with one attached hydrogen (secondary N) is 1. The van der Waals surface area contributed by atoms with E-state index >= 15 is 0 Å². The van der Waals surface area contributed by atoms with Gasteiger partial charge in [0.1, 0.15) is 23.8 Å². The first-order valence-corrected chi connectivity index (χ1v) is 10.7.